The summed E-state index contributed by atoms with van der Waals surface area (Å²) in [5, 5.41) is 12.4. The van der Waals surface area contributed by atoms with Gasteiger partial charge in [0.25, 0.3) is 0 Å². The average molecular weight is 312 g/mol. The van der Waals surface area contributed by atoms with Crippen LogP contribution in [0.25, 0.3) is 0 Å². The van der Waals surface area contributed by atoms with Crippen LogP contribution < -0.4 is 5.32 Å². The number of nitrogens with one attached hydrogen (secondary N) is 1. The Morgan fingerprint density at radius 1 is 1.29 bits per heavy atom. The first-order valence-electron chi connectivity index (χ1n) is 6.91. The van der Waals surface area contributed by atoms with Crippen LogP contribution in [0.5, 0.6) is 0 Å². The highest BCUT2D eigenvalue weighted by Gasteiger charge is 2.24. The highest BCUT2D eigenvalue weighted by atomic mass is 35.5. The Morgan fingerprint density at radius 2 is 1.90 bits per heavy atom. The average Bonchev–Trinajstić information content (AvgIpc) is 2.47. The van der Waals surface area contributed by atoms with E-state index in [1.165, 1.54) is 0 Å². The lowest BCUT2D eigenvalue weighted by Crippen LogP contribution is -2.35. The predicted molar refractivity (Wildman–Crippen MR) is 78.1 cm³/mol. The van der Waals surface area contributed by atoms with Crippen molar-refractivity contribution in [1.29, 1.82) is 0 Å². The third-order valence-corrected chi connectivity index (χ3v) is 3.82. The second-order valence-corrected chi connectivity index (χ2v) is 5.59. The van der Waals surface area contributed by atoms with Gasteiger partial charge in [0.2, 0.25) is 5.91 Å². The molecule has 0 radical (unpaired) electrons. The molecule has 2 N–H and O–H groups in total. The monoisotopic (exact) mass is 311 g/mol. The molecule has 1 unspecified atom stereocenters. The fourth-order valence-corrected chi connectivity index (χ4v) is 2.50. The molecule has 0 spiro atoms. The largest absolute Gasteiger partial charge is 0.479 e. The Balaban J connectivity index is 1.97. The molecule has 1 aliphatic heterocycles. The number of aliphatic carboxylic acids is 1. The van der Waals surface area contributed by atoms with Crippen LogP contribution in [0, 0.1) is 5.92 Å². The molecule has 21 heavy (non-hydrogen) atoms. The Kier molecular flexibility index (Phi) is 5.59. The van der Waals surface area contributed by atoms with E-state index >= 15 is 0 Å². The zero-order chi connectivity index (χ0) is 15.2. The molecule has 1 atom stereocenters. The van der Waals surface area contributed by atoms with Crippen LogP contribution in [0.1, 0.15) is 30.9 Å². The van der Waals surface area contributed by atoms with Crippen molar-refractivity contribution in [3.8, 4) is 0 Å². The summed E-state index contributed by atoms with van der Waals surface area (Å²) < 4.78 is 5.24. The molecule has 114 valence electrons. The van der Waals surface area contributed by atoms with Crippen LogP contribution in [0.2, 0.25) is 5.02 Å². The molecule has 1 heterocycles. The van der Waals surface area contributed by atoms with Crippen LogP contribution in [0.3, 0.4) is 0 Å². The van der Waals surface area contributed by atoms with E-state index in [1.54, 1.807) is 24.3 Å². The number of hydrogen-bond donors (Lipinski definition) is 2. The summed E-state index contributed by atoms with van der Waals surface area (Å²) in [6.07, 6.45) is 2.01. The summed E-state index contributed by atoms with van der Waals surface area (Å²) in [4.78, 5) is 23.4. The quantitative estimate of drug-likeness (QED) is 0.875. The van der Waals surface area contributed by atoms with Crippen molar-refractivity contribution in [2.75, 3.05) is 13.2 Å². The Labute approximate surface area is 128 Å². The molecule has 0 aromatic heterocycles. The van der Waals surface area contributed by atoms with Crippen molar-refractivity contribution < 1.29 is 19.4 Å². The number of ether oxygens (including phenoxy) is 1. The topological polar surface area (TPSA) is 75.6 Å². The number of carboxylic acid groups (broad SMARTS) is 1. The summed E-state index contributed by atoms with van der Waals surface area (Å²) in [6.45, 7) is 1.33. The molecule has 5 nitrogen and oxygen atoms in total. The molecule has 1 saturated heterocycles. The highest BCUT2D eigenvalue weighted by molar-refractivity contribution is 6.30. The van der Waals surface area contributed by atoms with E-state index in [9.17, 15) is 14.7 Å². The zero-order valence-corrected chi connectivity index (χ0v) is 12.3. The maximum Gasteiger partial charge on any atom is 0.330 e. The lowest BCUT2D eigenvalue weighted by molar-refractivity contribution is -0.142. The first-order chi connectivity index (χ1) is 10.1. The van der Waals surface area contributed by atoms with Gasteiger partial charge in [-0.3, -0.25) is 4.79 Å². The molecule has 0 saturated carbocycles. The second-order valence-electron chi connectivity index (χ2n) is 5.15. The van der Waals surface area contributed by atoms with E-state index in [0.717, 1.165) is 12.8 Å². The Hall–Kier alpha value is -1.59. The van der Waals surface area contributed by atoms with Gasteiger partial charge in [0.1, 0.15) is 0 Å². The van der Waals surface area contributed by atoms with Crippen molar-refractivity contribution >= 4 is 23.5 Å². The van der Waals surface area contributed by atoms with Gasteiger partial charge in [-0.15, -0.1) is 0 Å². The molecular weight excluding hydrogens is 294 g/mol. The van der Waals surface area contributed by atoms with Gasteiger partial charge in [-0.05, 0) is 36.5 Å². The number of halogens is 1. The lowest BCUT2D eigenvalue weighted by atomic mass is 9.96. The minimum Gasteiger partial charge on any atom is -0.479 e. The molecule has 6 heteroatoms. The predicted octanol–water partition coefficient (Wildman–Crippen LogP) is 2.40. The van der Waals surface area contributed by atoms with Gasteiger partial charge < -0.3 is 15.2 Å². The summed E-state index contributed by atoms with van der Waals surface area (Å²) in [6, 6.07) is 5.38. The van der Waals surface area contributed by atoms with E-state index in [4.69, 9.17) is 16.3 Å². The standard InChI is InChI=1S/C15H18ClNO4/c16-12-3-1-11(2-4-12)14(15(19)20)17-13(18)9-10-5-7-21-8-6-10/h1-4,10,14H,5-9H2,(H,17,18)(H,19,20). The molecule has 1 aliphatic rings. The van der Waals surface area contributed by atoms with Gasteiger partial charge in [0.05, 0.1) is 0 Å². The van der Waals surface area contributed by atoms with Gasteiger partial charge in [-0.2, -0.15) is 0 Å². The number of carbonyl (C=O) groups excluding carboxylic acids is 1. The smallest absolute Gasteiger partial charge is 0.330 e. The lowest BCUT2D eigenvalue weighted by Gasteiger charge is -2.22. The van der Waals surface area contributed by atoms with Crippen molar-refractivity contribution in [3.05, 3.63) is 34.9 Å². The maximum atomic E-state index is 12.0. The number of carboxylic acids is 1. The van der Waals surface area contributed by atoms with Gasteiger partial charge in [0, 0.05) is 24.7 Å². The van der Waals surface area contributed by atoms with Gasteiger partial charge in [-0.25, -0.2) is 4.79 Å². The van der Waals surface area contributed by atoms with Gasteiger partial charge in [0.15, 0.2) is 6.04 Å². The van der Waals surface area contributed by atoms with Crippen LogP contribution in [0.15, 0.2) is 24.3 Å². The maximum absolute atomic E-state index is 12.0. The number of hydrogen-bond acceptors (Lipinski definition) is 3. The molecular formula is C15H18ClNO4. The number of rotatable bonds is 5. The van der Waals surface area contributed by atoms with Crippen LogP contribution >= 0.6 is 11.6 Å². The number of carbonyl (C=O) groups is 2. The molecule has 2 rings (SSSR count). The van der Waals surface area contributed by atoms with E-state index in [2.05, 4.69) is 5.32 Å². The SMILES string of the molecule is O=C(CC1CCOCC1)NC(C(=O)O)c1ccc(Cl)cc1. The Bertz CT molecular complexity index is 497. The minimum absolute atomic E-state index is 0.246. The third kappa shape index (κ3) is 4.72. The normalized spacial score (nSPS) is 17.2. The van der Waals surface area contributed by atoms with E-state index in [-0.39, 0.29) is 11.8 Å². The fraction of sp³-hybridized carbons (Fsp3) is 0.467. The molecule has 0 aliphatic carbocycles. The first-order valence-corrected chi connectivity index (χ1v) is 7.29. The highest BCUT2D eigenvalue weighted by Crippen LogP contribution is 2.20. The van der Waals surface area contributed by atoms with Gasteiger partial charge in [-0.1, -0.05) is 23.7 Å². The Morgan fingerprint density at radius 3 is 2.48 bits per heavy atom. The summed E-state index contributed by atoms with van der Waals surface area (Å²) in [5.41, 5.74) is 0.507. The summed E-state index contributed by atoms with van der Waals surface area (Å²) >= 11 is 5.78. The molecule has 1 fully saturated rings. The van der Waals surface area contributed by atoms with Crippen molar-refractivity contribution in [3.63, 3.8) is 0 Å². The first kappa shape index (κ1) is 15.8. The molecule has 1 aromatic carbocycles. The fourth-order valence-electron chi connectivity index (χ4n) is 2.38. The van der Waals surface area contributed by atoms with Crippen molar-refractivity contribution in [2.45, 2.75) is 25.3 Å². The molecule has 1 amide bonds. The second kappa shape index (κ2) is 7.43. The molecule has 1 aromatic rings. The van der Waals surface area contributed by atoms with E-state index in [1.807, 2.05) is 0 Å². The van der Waals surface area contributed by atoms with E-state index in [0.29, 0.717) is 30.2 Å². The van der Waals surface area contributed by atoms with Crippen molar-refractivity contribution in [1.82, 2.24) is 5.32 Å². The number of amides is 1. The van der Waals surface area contributed by atoms with Gasteiger partial charge >= 0.3 is 5.97 Å². The van der Waals surface area contributed by atoms with Crippen LogP contribution in [-0.2, 0) is 14.3 Å². The molecule has 0 bridgehead atoms. The number of benzene rings is 1. The van der Waals surface area contributed by atoms with Crippen LogP contribution in [0.4, 0.5) is 0 Å². The van der Waals surface area contributed by atoms with Crippen molar-refractivity contribution in [2.24, 2.45) is 5.92 Å². The van der Waals surface area contributed by atoms with Crippen LogP contribution in [-0.4, -0.2) is 30.2 Å². The minimum atomic E-state index is -1.09. The van der Waals surface area contributed by atoms with E-state index < -0.39 is 12.0 Å². The summed E-state index contributed by atoms with van der Waals surface area (Å²) in [7, 11) is 0. The third-order valence-electron chi connectivity index (χ3n) is 3.57. The summed E-state index contributed by atoms with van der Waals surface area (Å²) in [5.74, 6) is -1.07. The zero-order valence-electron chi connectivity index (χ0n) is 11.5.